The van der Waals surface area contributed by atoms with Crippen LogP contribution < -0.4 is 0 Å². The second-order valence-electron chi connectivity index (χ2n) is 2.91. The van der Waals surface area contributed by atoms with Crippen molar-refractivity contribution in [3.05, 3.63) is 24.3 Å². The Balaban J connectivity index is 2.56. The minimum Gasteiger partial charge on any atom is -0.466 e. The zero-order valence-corrected chi connectivity index (χ0v) is 7.49. The van der Waals surface area contributed by atoms with Gasteiger partial charge in [-0.2, -0.15) is 0 Å². The van der Waals surface area contributed by atoms with Crippen LogP contribution in [0.2, 0.25) is 0 Å². The lowest BCUT2D eigenvalue weighted by atomic mass is 9.90. The van der Waals surface area contributed by atoms with Crippen LogP contribution in [0.3, 0.4) is 0 Å². The molecule has 12 heavy (non-hydrogen) atoms. The van der Waals surface area contributed by atoms with Crippen LogP contribution in [0.5, 0.6) is 0 Å². The van der Waals surface area contributed by atoms with Crippen molar-refractivity contribution >= 4 is 5.97 Å². The zero-order valence-electron chi connectivity index (χ0n) is 7.49. The first-order chi connectivity index (χ1) is 5.75. The molecule has 0 saturated carbocycles. The second kappa shape index (κ2) is 4.10. The van der Waals surface area contributed by atoms with Crippen LogP contribution in [0.1, 0.15) is 13.8 Å². The van der Waals surface area contributed by atoms with E-state index in [2.05, 4.69) is 0 Å². The fraction of sp³-hybridized carbons (Fsp3) is 0.500. The predicted molar refractivity (Wildman–Crippen MR) is 47.6 cm³/mol. The van der Waals surface area contributed by atoms with Gasteiger partial charge in [-0.3, -0.25) is 4.79 Å². The van der Waals surface area contributed by atoms with E-state index in [9.17, 15) is 4.79 Å². The molecule has 0 aromatic carbocycles. The Morgan fingerprint density at radius 1 is 1.42 bits per heavy atom. The van der Waals surface area contributed by atoms with Crippen LogP contribution in [-0.4, -0.2) is 12.6 Å². The summed E-state index contributed by atoms with van der Waals surface area (Å²) in [7, 11) is 0. The Morgan fingerprint density at radius 2 is 2.08 bits per heavy atom. The molecule has 0 radical (unpaired) electrons. The summed E-state index contributed by atoms with van der Waals surface area (Å²) in [5.74, 6) is 0.0506. The van der Waals surface area contributed by atoms with E-state index in [4.69, 9.17) is 4.74 Å². The molecule has 2 unspecified atom stereocenters. The van der Waals surface area contributed by atoms with Crippen LogP contribution in [0.25, 0.3) is 0 Å². The summed E-state index contributed by atoms with van der Waals surface area (Å²) < 4.78 is 4.93. The van der Waals surface area contributed by atoms with Crippen molar-refractivity contribution in [3.8, 4) is 0 Å². The first kappa shape index (κ1) is 9.04. The number of carbonyl (C=O) groups is 1. The minimum absolute atomic E-state index is 0.0880. The number of hydrogen-bond donors (Lipinski definition) is 0. The van der Waals surface area contributed by atoms with Crippen LogP contribution >= 0.6 is 0 Å². The number of rotatable bonds is 2. The van der Waals surface area contributed by atoms with Gasteiger partial charge in [-0.15, -0.1) is 0 Å². The molecule has 0 aromatic rings. The fourth-order valence-electron chi connectivity index (χ4n) is 1.25. The van der Waals surface area contributed by atoms with E-state index in [1.54, 1.807) is 0 Å². The number of carbonyl (C=O) groups excluding carboxylic acids is 1. The SMILES string of the molecule is CCOC(=O)C1C=CC=CC1C. The lowest BCUT2D eigenvalue weighted by molar-refractivity contribution is -0.147. The summed E-state index contributed by atoms with van der Waals surface area (Å²) in [5.41, 5.74) is 0. The summed E-state index contributed by atoms with van der Waals surface area (Å²) in [6, 6.07) is 0. The molecular weight excluding hydrogens is 152 g/mol. The van der Waals surface area contributed by atoms with Gasteiger partial charge < -0.3 is 4.74 Å². The molecule has 0 aromatic heterocycles. The highest BCUT2D eigenvalue weighted by molar-refractivity contribution is 5.75. The molecule has 2 atom stereocenters. The summed E-state index contributed by atoms with van der Waals surface area (Å²) >= 11 is 0. The van der Waals surface area contributed by atoms with Crippen LogP contribution in [0.15, 0.2) is 24.3 Å². The average Bonchev–Trinajstić information content (AvgIpc) is 2.05. The maximum Gasteiger partial charge on any atom is 0.313 e. The molecule has 1 aliphatic rings. The molecule has 0 N–H and O–H groups in total. The largest absolute Gasteiger partial charge is 0.466 e. The number of ether oxygens (including phenoxy) is 1. The van der Waals surface area contributed by atoms with Gasteiger partial charge in [0.25, 0.3) is 0 Å². The average molecular weight is 166 g/mol. The molecule has 1 rings (SSSR count). The quantitative estimate of drug-likeness (QED) is 0.586. The molecule has 0 heterocycles. The van der Waals surface area contributed by atoms with Gasteiger partial charge in [-0.1, -0.05) is 31.2 Å². The molecule has 2 nitrogen and oxygen atoms in total. The van der Waals surface area contributed by atoms with E-state index in [-0.39, 0.29) is 17.8 Å². The van der Waals surface area contributed by atoms with Crippen LogP contribution in [-0.2, 0) is 9.53 Å². The third-order valence-corrected chi connectivity index (χ3v) is 1.97. The molecule has 0 amide bonds. The third-order valence-electron chi connectivity index (χ3n) is 1.97. The van der Waals surface area contributed by atoms with Gasteiger partial charge >= 0.3 is 5.97 Å². The van der Waals surface area contributed by atoms with Crippen molar-refractivity contribution in [1.82, 2.24) is 0 Å². The van der Waals surface area contributed by atoms with Gasteiger partial charge in [0, 0.05) is 0 Å². The van der Waals surface area contributed by atoms with Crippen LogP contribution in [0, 0.1) is 11.8 Å². The van der Waals surface area contributed by atoms with E-state index in [0.29, 0.717) is 6.61 Å². The monoisotopic (exact) mass is 166 g/mol. The summed E-state index contributed by atoms with van der Waals surface area (Å²) in [6.07, 6.45) is 7.76. The maximum absolute atomic E-state index is 11.3. The van der Waals surface area contributed by atoms with E-state index in [1.807, 2.05) is 38.2 Å². The number of hydrogen-bond acceptors (Lipinski definition) is 2. The Kier molecular flexibility index (Phi) is 3.09. The van der Waals surface area contributed by atoms with Gasteiger partial charge in [0.05, 0.1) is 12.5 Å². The topological polar surface area (TPSA) is 26.3 Å². The Labute approximate surface area is 72.9 Å². The zero-order chi connectivity index (χ0) is 8.97. The van der Waals surface area contributed by atoms with Gasteiger partial charge in [0.15, 0.2) is 0 Å². The highest BCUT2D eigenvalue weighted by atomic mass is 16.5. The summed E-state index contributed by atoms with van der Waals surface area (Å²) in [5, 5.41) is 0. The summed E-state index contributed by atoms with van der Waals surface area (Å²) in [4.78, 5) is 11.3. The normalized spacial score (nSPS) is 27.2. The first-order valence-electron chi connectivity index (χ1n) is 4.27. The van der Waals surface area contributed by atoms with Gasteiger partial charge in [0.2, 0.25) is 0 Å². The molecule has 66 valence electrons. The highest BCUT2D eigenvalue weighted by Gasteiger charge is 2.22. The molecule has 0 aliphatic heterocycles. The van der Waals surface area contributed by atoms with E-state index in [0.717, 1.165) is 0 Å². The molecule has 2 heteroatoms. The van der Waals surface area contributed by atoms with Crippen molar-refractivity contribution in [1.29, 1.82) is 0 Å². The molecule has 0 fully saturated rings. The first-order valence-corrected chi connectivity index (χ1v) is 4.27. The van der Waals surface area contributed by atoms with E-state index < -0.39 is 0 Å². The Morgan fingerprint density at radius 3 is 2.67 bits per heavy atom. The summed E-state index contributed by atoms with van der Waals surface area (Å²) in [6.45, 7) is 4.30. The van der Waals surface area contributed by atoms with Gasteiger partial charge in [-0.25, -0.2) is 0 Å². The van der Waals surface area contributed by atoms with Crippen molar-refractivity contribution in [2.24, 2.45) is 11.8 Å². The van der Waals surface area contributed by atoms with E-state index >= 15 is 0 Å². The molecular formula is C10H14O2. The number of allylic oxidation sites excluding steroid dienone is 3. The second-order valence-corrected chi connectivity index (χ2v) is 2.91. The highest BCUT2D eigenvalue weighted by Crippen LogP contribution is 2.20. The molecule has 0 saturated heterocycles. The predicted octanol–water partition coefficient (Wildman–Crippen LogP) is 1.93. The van der Waals surface area contributed by atoms with Crippen molar-refractivity contribution in [2.75, 3.05) is 6.61 Å². The molecule has 1 aliphatic carbocycles. The smallest absolute Gasteiger partial charge is 0.313 e. The van der Waals surface area contributed by atoms with Gasteiger partial charge in [0.1, 0.15) is 0 Å². The Bertz CT molecular complexity index is 216. The van der Waals surface area contributed by atoms with E-state index in [1.165, 1.54) is 0 Å². The molecule has 0 spiro atoms. The molecule has 0 bridgehead atoms. The minimum atomic E-state index is -0.120. The van der Waals surface area contributed by atoms with Gasteiger partial charge in [-0.05, 0) is 12.8 Å². The third kappa shape index (κ3) is 1.97. The lowest BCUT2D eigenvalue weighted by Crippen LogP contribution is -2.22. The Hall–Kier alpha value is -1.05. The van der Waals surface area contributed by atoms with Crippen molar-refractivity contribution in [2.45, 2.75) is 13.8 Å². The standard InChI is InChI=1S/C10H14O2/c1-3-12-10(11)9-7-5-4-6-8(9)2/h4-9H,3H2,1-2H3. The maximum atomic E-state index is 11.3. The van der Waals surface area contributed by atoms with Crippen molar-refractivity contribution in [3.63, 3.8) is 0 Å². The number of esters is 1. The van der Waals surface area contributed by atoms with Crippen molar-refractivity contribution < 1.29 is 9.53 Å². The fourth-order valence-corrected chi connectivity index (χ4v) is 1.25. The lowest BCUT2D eigenvalue weighted by Gasteiger charge is -2.17. The van der Waals surface area contributed by atoms with Crippen LogP contribution in [0.4, 0.5) is 0 Å².